The van der Waals surface area contributed by atoms with Crippen molar-refractivity contribution in [3.8, 4) is 5.75 Å². The first kappa shape index (κ1) is 13.3. The van der Waals surface area contributed by atoms with Crippen molar-refractivity contribution in [1.29, 1.82) is 0 Å². The Morgan fingerprint density at radius 2 is 2.05 bits per heavy atom. The summed E-state index contributed by atoms with van der Waals surface area (Å²) in [5.74, 6) is 1.47. The van der Waals surface area contributed by atoms with Crippen LogP contribution in [0, 0.1) is 0 Å². The molecule has 0 radical (unpaired) electrons. The van der Waals surface area contributed by atoms with Gasteiger partial charge in [-0.2, -0.15) is 0 Å². The van der Waals surface area contributed by atoms with Crippen LogP contribution in [-0.2, 0) is 0 Å². The lowest BCUT2D eigenvalue weighted by atomic mass is 9.98. The smallest absolute Gasteiger partial charge is 0.131 e. The van der Waals surface area contributed by atoms with E-state index in [1.165, 1.54) is 5.56 Å². The number of hydrogen-bond acceptors (Lipinski definition) is 3. The lowest BCUT2D eigenvalue weighted by molar-refractivity contribution is 0.414. The van der Waals surface area contributed by atoms with E-state index in [9.17, 15) is 0 Å². The Morgan fingerprint density at radius 3 is 2.75 bits per heavy atom. The van der Waals surface area contributed by atoms with Gasteiger partial charge in [0.1, 0.15) is 10.9 Å². The Morgan fingerprint density at radius 1 is 1.25 bits per heavy atom. The van der Waals surface area contributed by atoms with Crippen molar-refractivity contribution >= 4 is 17.3 Å². The van der Waals surface area contributed by atoms with E-state index in [1.54, 1.807) is 13.3 Å². The molecule has 20 heavy (non-hydrogen) atoms. The summed E-state index contributed by atoms with van der Waals surface area (Å²) < 4.78 is 5.20. The van der Waals surface area contributed by atoms with E-state index in [0.717, 1.165) is 30.9 Å². The number of nitrogens with zero attached hydrogens (tertiary/aromatic N) is 2. The molecule has 2 aromatic rings. The first-order valence-corrected chi connectivity index (χ1v) is 7.14. The Kier molecular flexibility index (Phi) is 3.79. The summed E-state index contributed by atoms with van der Waals surface area (Å²) >= 11 is 5.96. The summed E-state index contributed by atoms with van der Waals surface area (Å²) in [6.45, 7) is 2.07. The van der Waals surface area contributed by atoms with Crippen molar-refractivity contribution in [1.82, 2.24) is 4.98 Å². The largest absolute Gasteiger partial charge is 0.497 e. The van der Waals surface area contributed by atoms with Gasteiger partial charge in [0, 0.05) is 30.9 Å². The van der Waals surface area contributed by atoms with E-state index in [2.05, 4.69) is 22.0 Å². The van der Waals surface area contributed by atoms with Crippen LogP contribution in [0.2, 0.25) is 5.15 Å². The molecule has 1 aliphatic rings. The molecule has 3 rings (SSSR count). The van der Waals surface area contributed by atoms with Gasteiger partial charge in [0.15, 0.2) is 0 Å². The van der Waals surface area contributed by atoms with Crippen molar-refractivity contribution < 1.29 is 4.74 Å². The third kappa shape index (κ3) is 2.73. The number of methoxy groups -OCH3 is 1. The van der Waals surface area contributed by atoms with E-state index in [1.807, 2.05) is 24.3 Å². The van der Waals surface area contributed by atoms with Crippen LogP contribution < -0.4 is 9.64 Å². The summed E-state index contributed by atoms with van der Waals surface area (Å²) in [6, 6.07) is 12.3. The quantitative estimate of drug-likeness (QED) is 0.805. The number of rotatable bonds is 3. The van der Waals surface area contributed by atoms with E-state index in [4.69, 9.17) is 16.3 Å². The van der Waals surface area contributed by atoms with Crippen LogP contribution in [0.25, 0.3) is 0 Å². The second kappa shape index (κ2) is 5.71. The van der Waals surface area contributed by atoms with Crippen LogP contribution in [0.5, 0.6) is 5.75 Å². The molecule has 2 heterocycles. The number of benzene rings is 1. The third-order valence-electron chi connectivity index (χ3n) is 3.85. The highest BCUT2D eigenvalue weighted by atomic mass is 35.5. The molecule has 0 saturated carbocycles. The molecule has 3 nitrogen and oxygen atoms in total. The van der Waals surface area contributed by atoms with Crippen LogP contribution in [0.4, 0.5) is 5.69 Å². The van der Waals surface area contributed by atoms with E-state index in [0.29, 0.717) is 11.1 Å². The van der Waals surface area contributed by atoms with E-state index in [-0.39, 0.29) is 0 Å². The van der Waals surface area contributed by atoms with Crippen LogP contribution in [0.3, 0.4) is 0 Å². The molecule has 1 unspecified atom stereocenters. The van der Waals surface area contributed by atoms with Gasteiger partial charge in [-0.15, -0.1) is 0 Å². The summed E-state index contributed by atoms with van der Waals surface area (Å²) in [4.78, 5) is 6.40. The van der Waals surface area contributed by atoms with Crippen LogP contribution >= 0.6 is 11.6 Å². The molecule has 1 saturated heterocycles. The van der Waals surface area contributed by atoms with Crippen LogP contribution in [0.1, 0.15) is 17.9 Å². The van der Waals surface area contributed by atoms with E-state index < -0.39 is 0 Å². The fourth-order valence-corrected chi connectivity index (χ4v) is 2.90. The van der Waals surface area contributed by atoms with Gasteiger partial charge in [0.2, 0.25) is 0 Å². The zero-order valence-corrected chi connectivity index (χ0v) is 12.2. The standard InChI is InChI=1S/C16H17ClN2O/c1-20-15-4-2-12(3-5-15)13-7-9-19(11-13)14-6-8-18-16(17)10-14/h2-6,8,10,13H,7,9,11H2,1H3. The normalized spacial score (nSPS) is 18.3. The summed E-state index contributed by atoms with van der Waals surface area (Å²) in [5.41, 5.74) is 2.52. The molecule has 0 N–H and O–H groups in total. The number of hydrogen-bond donors (Lipinski definition) is 0. The molecule has 0 aliphatic carbocycles. The molecule has 4 heteroatoms. The molecule has 0 spiro atoms. The molecule has 0 bridgehead atoms. The molecule has 104 valence electrons. The van der Waals surface area contributed by atoms with Gasteiger partial charge in [-0.1, -0.05) is 23.7 Å². The second-order valence-electron chi connectivity index (χ2n) is 5.04. The number of halogens is 1. The Balaban J connectivity index is 1.72. The molecule has 0 amide bonds. The lowest BCUT2D eigenvalue weighted by Gasteiger charge is -2.18. The average Bonchev–Trinajstić information content (AvgIpc) is 2.97. The van der Waals surface area contributed by atoms with Crippen molar-refractivity contribution in [2.24, 2.45) is 0 Å². The van der Waals surface area contributed by atoms with Gasteiger partial charge in [0.25, 0.3) is 0 Å². The maximum absolute atomic E-state index is 5.96. The molecule has 1 aromatic carbocycles. The number of aromatic nitrogens is 1. The van der Waals surface area contributed by atoms with E-state index >= 15 is 0 Å². The topological polar surface area (TPSA) is 25.4 Å². The number of anilines is 1. The predicted octanol–water partition coefficient (Wildman–Crippen LogP) is 3.74. The van der Waals surface area contributed by atoms with Gasteiger partial charge >= 0.3 is 0 Å². The minimum atomic E-state index is 0.551. The maximum Gasteiger partial charge on any atom is 0.131 e. The molecule has 1 aromatic heterocycles. The van der Waals surface area contributed by atoms with Crippen molar-refractivity contribution in [3.63, 3.8) is 0 Å². The third-order valence-corrected chi connectivity index (χ3v) is 4.06. The molecule has 1 aliphatic heterocycles. The number of ether oxygens (including phenoxy) is 1. The zero-order valence-electron chi connectivity index (χ0n) is 11.4. The molecule has 1 atom stereocenters. The van der Waals surface area contributed by atoms with Crippen molar-refractivity contribution in [3.05, 3.63) is 53.3 Å². The fourth-order valence-electron chi connectivity index (χ4n) is 2.73. The van der Waals surface area contributed by atoms with Crippen LogP contribution in [-0.4, -0.2) is 25.2 Å². The summed E-state index contributed by atoms with van der Waals surface area (Å²) in [5, 5.41) is 0.551. The summed E-state index contributed by atoms with van der Waals surface area (Å²) in [6.07, 6.45) is 2.92. The predicted molar refractivity (Wildman–Crippen MR) is 81.8 cm³/mol. The highest BCUT2D eigenvalue weighted by Crippen LogP contribution is 2.31. The van der Waals surface area contributed by atoms with Gasteiger partial charge in [-0.3, -0.25) is 0 Å². The Hall–Kier alpha value is -1.74. The minimum absolute atomic E-state index is 0.551. The van der Waals surface area contributed by atoms with Gasteiger partial charge in [0.05, 0.1) is 7.11 Å². The SMILES string of the molecule is COc1ccc(C2CCN(c3ccnc(Cl)c3)C2)cc1. The minimum Gasteiger partial charge on any atom is -0.497 e. The Bertz CT molecular complexity index is 585. The lowest BCUT2D eigenvalue weighted by Crippen LogP contribution is -2.19. The zero-order chi connectivity index (χ0) is 13.9. The Labute approximate surface area is 124 Å². The van der Waals surface area contributed by atoms with Gasteiger partial charge in [-0.05, 0) is 36.2 Å². The van der Waals surface area contributed by atoms with Crippen molar-refractivity contribution in [2.45, 2.75) is 12.3 Å². The maximum atomic E-state index is 5.96. The molecular weight excluding hydrogens is 272 g/mol. The molecule has 1 fully saturated rings. The van der Waals surface area contributed by atoms with Gasteiger partial charge < -0.3 is 9.64 Å². The average molecular weight is 289 g/mol. The first-order valence-electron chi connectivity index (χ1n) is 6.77. The highest BCUT2D eigenvalue weighted by molar-refractivity contribution is 6.29. The number of pyridine rings is 1. The first-order chi connectivity index (χ1) is 9.76. The second-order valence-corrected chi connectivity index (χ2v) is 5.43. The molecular formula is C16H17ClN2O. The monoisotopic (exact) mass is 288 g/mol. The summed E-state index contributed by atoms with van der Waals surface area (Å²) in [7, 11) is 1.69. The fraction of sp³-hybridized carbons (Fsp3) is 0.312. The van der Waals surface area contributed by atoms with Crippen LogP contribution in [0.15, 0.2) is 42.6 Å². The van der Waals surface area contributed by atoms with Crippen molar-refractivity contribution in [2.75, 3.05) is 25.1 Å². The highest BCUT2D eigenvalue weighted by Gasteiger charge is 2.24. The van der Waals surface area contributed by atoms with Gasteiger partial charge in [-0.25, -0.2) is 4.98 Å².